The number of allylic oxidation sites excluding steroid dienone is 4. The molecule has 4 N–H and O–H groups in total. The predicted molar refractivity (Wildman–Crippen MR) is 162 cm³/mol. The van der Waals surface area contributed by atoms with Gasteiger partial charge in [0.2, 0.25) is 15.9 Å². The van der Waals surface area contributed by atoms with Gasteiger partial charge in [0.15, 0.2) is 0 Å². The third kappa shape index (κ3) is 7.83. The summed E-state index contributed by atoms with van der Waals surface area (Å²) >= 11 is 0. The minimum Gasteiger partial charge on any atom is -0.325 e. The SMILES string of the molecule is C=C/C(F)=C(CC[C@H]1CNCCN1S(=O)(=O)C1CC1)\C(=C/C)NC(=O)[C@@H](N)[C@@H](c1ccc(F)cc1)c1cc(C)cc(F)c1. The fourth-order valence-electron chi connectivity index (χ4n) is 5.61. The Bertz CT molecular complexity index is 1480. The van der Waals surface area contributed by atoms with E-state index in [1.165, 1.54) is 40.7 Å². The normalized spacial score (nSPS) is 20.2. The summed E-state index contributed by atoms with van der Waals surface area (Å²) in [7, 11) is -3.43. The molecule has 1 aliphatic heterocycles. The molecular formula is C32H39F3N4O3S. The molecule has 1 aliphatic carbocycles. The highest BCUT2D eigenvalue weighted by atomic mass is 32.2. The van der Waals surface area contributed by atoms with Gasteiger partial charge in [-0.3, -0.25) is 4.79 Å². The van der Waals surface area contributed by atoms with Crippen molar-refractivity contribution in [2.45, 2.75) is 62.8 Å². The Morgan fingerprint density at radius 1 is 1.16 bits per heavy atom. The molecule has 1 heterocycles. The molecule has 43 heavy (non-hydrogen) atoms. The standard InChI is InChI=1S/C32H39F3N4O3S/c1-4-28(35)27(13-10-25-19-37-14-15-39(25)43(41,42)26-11-12-26)29(5-2)38-32(40)31(36)30(21-6-8-23(33)9-7-21)22-16-20(3)17-24(34)18-22/h4-9,16-18,25-26,30-31,37H,1,10-15,19,36H2,2-3H3,(H,38,40)/b28-27+,29-5+/t25-,30-,31-/m0/s1. The number of benzene rings is 2. The van der Waals surface area contributed by atoms with Crippen LogP contribution in [0.3, 0.4) is 0 Å². The number of aryl methyl sites for hydroxylation is 1. The first kappa shape index (κ1) is 32.7. The van der Waals surface area contributed by atoms with Gasteiger partial charge in [-0.1, -0.05) is 30.9 Å². The highest BCUT2D eigenvalue weighted by Crippen LogP contribution is 2.34. The Hall–Kier alpha value is -3.25. The first-order valence-corrected chi connectivity index (χ1v) is 15.9. The van der Waals surface area contributed by atoms with Crippen LogP contribution in [0.2, 0.25) is 0 Å². The zero-order valence-corrected chi connectivity index (χ0v) is 25.3. The molecular weight excluding hydrogens is 577 g/mol. The molecule has 0 unspecified atom stereocenters. The Labute approximate surface area is 251 Å². The van der Waals surface area contributed by atoms with Gasteiger partial charge in [-0.05, 0) is 86.6 Å². The molecule has 11 heteroatoms. The summed E-state index contributed by atoms with van der Waals surface area (Å²) in [6, 6.07) is 8.18. The Morgan fingerprint density at radius 3 is 2.47 bits per heavy atom. The smallest absolute Gasteiger partial charge is 0.242 e. The number of hydrogen-bond donors (Lipinski definition) is 3. The van der Waals surface area contributed by atoms with Gasteiger partial charge in [0.05, 0.1) is 11.3 Å². The molecule has 7 nitrogen and oxygen atoms in total. The number of hydrogen-bond acceptors (Lipinski definition) is 5. The number of piperazine rings is 1. The highest BCUT2D eigenvalue weighted by molar-refractivity contribution is 7.90. The summed E-state index contributed by atoms with van der Waals surface area (Å²) in [5.41, 5.74) is 8.39. The summed E-state index contributed by atoms with van der Waals surface area (Å²) in [4.78, 5) is 13.6. The van der Waals surface area contributed by atoms with Crippen molar-refractivity contribution < 1.29 is 26.4 Å². The van der Waals surface area contributed by atoms with Crippen molar-refractivity contribution in [1.29, 1.82) is 0 Å². The summed E-state index contributed by atoms with van der Waals surface area (Å²) in [5.74, 6) is -3.12. The van der Waals surface area contributed by atoms with E-state index in [1.807, 2.05) is 0 Å². The van der Waals surface area contributed by atoms with E-state index in [2.05, 4.69) is 17.2 Å². The van der Waals surface area contributed by atoms with E-state index in [4.69, 9.17) is 5.73 Å². The molecule has 0 radical (unpaired) electrons. The molecule has 2 fully saturated rings. The van der Waals surface area contributed by atoms with E-state index in [9.17, 15) is 22.0 Å². The average Bonchev–Trinajstić information content (AvgIpc) is 3.83. The topological polar surface area (TPSA) is 105 Å². The lowest BCUT2D eigenvalue weighted by atomic mass is 9.84. The van der Waals surface area contributed by atoms with Gasteiger partial charge in [-0.2, -0.15) is 4.31 Å². The number of halogens is 3. The van der Waals surface area contributed by atoms with Crippen molar-refractivity contribution in [3.63, 3.8) is 0 Å². The van der Waals surface area contributed by atoms with Crippen LogP contribution in [-0.4, -0.2) is 55.6 Å². The Morgan fingerprint density at radius 2 is 1.86 bits per heavy atom. The summed E-state index contributed by atoms with van der Waals surface area (Å²) < 4.78 is 71.0. The highest BCUT2D eigenvalue weighted by Gasteiger charge is 2.43. The number of rotatable bonds is 12. The third-order valence-electron chi connectivity index (χ3n) is 7.95. The molecule has 0 aromatic heterocycles. The van der Waals surface area contributed by atoms with Crippen molar-refractivity contribution in [1.82, 2.24) is 14.9 Å². The van der Waals surface area contributed by atoms with Crippen LogP contribution in [-0.2, 0) is 14.8 Å². The second kappa shape index (κ2) is 14.0. The number of nitrogens with one attached hydrogen (secondary N) is 2. The second-order valence-electron chi connectivity index (χ2n) is 11.1. The maximum Gasteiger partial charge on any atom is 0.242 e. The van der Waals surface area contributed by atoms with Crippen LogP contribution in [0.4, 0.5) is 13.2 Å². The molecule has 0 bridgehead atoms. The molecule has 3 atom stereocenters. The van der Waals surface area contributed by atoms with Crippen LogP contribution in [0.15, 0.2) is 78.3 Å². The first-order chi connectivity index (χ1) is 20.5. The number of carbonyl (C=O) groups excluding carboxylic acids is 1. The summed E-state index contributed by atoms with van der Waals surface area (Å²) in [6.07, 6.45) is 4.33. The molecule has 2 aliphatic rings. The van der Waals surface area contributed by atoms with Crippen LogP contribution in [0, 0.1) is 18.6 Å². The Balaban J connectivity index is 1.57. The van der Waals surface area contributed by atoms with Crippen molar-refractivity contribution >= 4 is 15.9 Å². The average molecular weight is 617 g/mol. The predicted octanol–water partition coefficient (Wildman–Crippen LogP) is 4.71. The lowest BCUT2D eigenvalue weighted by Crippen LogP contribution is -2.54. The third-order valence-corrected chi connectivity index (χ3v) is 10.4. The number of carbonyl (C=O) groups is 1. The van der Waals surface area contributed by atoms with Crippen LogP contribution in [0.1, 0.15) is 55.2 Å². The molecule has 0 spiro atoms. The fraction of sp³-hybridized carbons (Fsp3) is 0.406. The maximum absolute atomic E-state index is 15.2. The molecule has 2 aromatic rings. The van der Waals surface area contributed by atoms with Gasteiger partial charge in [-0.25, -0.2) is 21.6 Å². The lowest BCUT2D eigenvalue weighted by molar-refractivity contribution is -0.121. The molecule has 1 amide bonds. The van der Waals surface area contributed by atoms with Gasteiger partial charge < -0.3 is 16.4 Å². The van der Waals surface area contributed by atoms with E-state index >= 15 is 4.39 Å². The van der Waals surface area contributed by atoms with Crippen LogP contribution in [0.25, 0.3) is 0 Å². The van der Waals surface area contributed by atoms with E-state index in [0.29, 0.717) is 55.6 Å². The quantitative estimate of drug-likeness (QED) is 0.300. The van der Waals surface area contributed by atoms with Gasteiger partial charge >= 0.3 is 0 Å². The van der Waals surface area contributed by atoms with E-state index in [0.717, 1.165) is 6.08 Å². The van der Waals surface area contributed by atoms with Crippen molar-refractivity contribution in [2.24, 2.45) is 5.73 Å². The Kier molecular flexibility index (Phi) is 10.7. The van der Waals surface area contributed by atoms with Gasteiger partial charge in [0.25, 0.3) is 0 Å². The first-order valence-electron chi connectivity index (χ1n) is 14.4. The maximum atomic E-state index is 15.2. The summed E-state index contributed by atoms with van der Waals surface area (Å²) in [5, 5.41) is 5.61. The van der Waals surface area contributed by atoms with Crippen LogP contribution < -0.4 is 16.4 Å². The molecule has 1 saturated heterocycles. The van der Waals surface area contributed by atoms with Gasteiger partial charge in [-0.15, -0.1) is 0 Å². The zero-order valence-electron chi connectivity index (χ0n) is 24.5. The van der Waals surface area contributed by atoms with Crippen LogP contribution in [0.5, 0.6) is 0 Å². The minimum absolute atomic E-state index is 0.126. The van der Waals surface area contributed by atoms with Crippen molar-refractivity contribution in [3.8, 4) is 0 Å². The minimum atomic E-state index is -3.43. The van der Waals surface area contributed by atoms with Crippen molar-refractivity contribution in [2.75, 3.05) is 19.6 Å². The van der Waals surface area contributed by atoms with E-state index in [1.54, 1.807) is 26.0 Å². The monoisotopic (exact) mass is 616 g/mol. The van der Waals surface area contributed by atoms with Gasteiger partial charge in [0.1, 0.15) is 17.5 Å². The number of nitrogens with zero attached hydrogens (tertiary/aromatic N) is 1. The fourth-order valence-corrected chi connectivity index (χ4v) is 7.66. The number of nitrogens with two attached hydrogens (primary N) is 1. The molecule has 232 valence electrons. The second-order valence-corrected chi connectivity index (χ2v) is 13.3. The lowest BCUT2D eigenvalue weighted by Gasteiger charge is -2.35. The number of sulfonamides is 1. The molecule has 2 aromatic carbocycles. The van der Waals surface area contributed by atoms with E-state index < -0.39 is 45.4 Å². The number of amides is 1. The summed E-state index contributed by atoms with van der Waals surface area (Å²) in [6.45, 7) is 8.21. The van der Waals surface area contributed by atoms with E-state index in [-0.39, 0.29) is 29.0 Å². The largest absolute Gasteiger partial charge is 0.325 e. The van der Waals surface area contributed by atoms with Crippen molar-refractivity contribution in [3.05, 3.63) is 107 Å². The van der Waals surface area contributed by atoms with Gasteiger partial charge in [0, 0.05) is 42.9 Å². The molecule has 4 rings (SSSR count). The van der Waals surface area contributed by atoms with Crippen LogP contribution >= 0.6 is 0 Å². The zero-order chi connectivity index (χ0) is 31.3. The molecule has 1 saturated carbocycles.